The molecule has 0 aliphatic rings. The maximum absolute atomic E-state index is 9.11. The lowest BCUT2D eigenvalue weighted by molar-refractivity contribution is 0.453. The Labute approximate surface area is 173 Å². The van der Waals surface area contributed by atoms with E-state index in [0.29, 0.717) is 15.8 Å². The van der Waals surface area contributed by atoms with Gasteiger partial charge in [0.2, 0.25) is 11.8 Å². The lowest BCUT2D eigenvalue weighted by atomic mass is 10.1. The Balaban J connectivity index is 2.01. The molecule has 2 aromatic carbocycles. The zero-order valence-corrected chi connectivity index (χ0v) is 16.5. The van der Waals surface area contributed by atoms with Gasteiger partial charge < -0.3 is 15.8 Å². The zero-order chi connectivity index (χ0) is 22.0. The van der Waals surface area contributed by atoms with Crippen molar-refractivity contribution in [1.29, 1.82) is 10.5 Å². The van der Waals surface area contributed by atoms with Crippen molar-refractivity contribution in [2.75, 3.05) is 11.1 Å². The van der Waals surface area contributed by atoms with Crippen molar-refractivity contribution >= 4 is 33.4 Å². The second kappa shape index (κ2) is 7.95. The van der Waals surface area contributed by atoms with Gasteiger partial charge in [0.15, 0.2) is 0 Å². The average Bonchev–Trinajstić information content (AvgIpc) is 2.70. The third-order valence-electron chi connectivity index (χ3n) is 3.74. The van der Waals surface area contributed by atoms with Gasteiger partial charge in [-0.3, -0.25) is 0 Å². The summed E-state index contributed by atoms with van der Waals surface area (Å²) in [6.45, 7) is 3.63. The van der Waals surface area contributed by atoms with E-state index in [1.165, 1.54) is 12.1 Å². The number of aromatic nitrogens is 2. The number of nitrogens with one attached hydrogen (secondary N) is 1. The van der Waals surface area contributed by atoms with E-state index in [1.54, 1.807) is 12.1 Å². The molecule has 0 saturated heterocycles. The van der Waals surface area contributed by atoms with Crippen LogP contribution in [0.5, 0.6) is 11.6 Å². The average molecular weight is 437 g/mol. The van der Waals surface area contributed by atoms with Gasteiger partial charge in [-0.25, -0.2) is 0 Å². The van der Waals surface area contributed by atoms with Gasteiger partial charge in [-0.1, -0.05) is 0 Å². The molecule has 3 rings (SSSR count). The molecule has 1 aromatic heterocycles. The Morgan fingerprint density at radius 3 is 2.29 bits per heavy atom. The van der Waals surface area contributed by atoms with Crippen LogP contribution < -0.4 is 15.8 Å². The predicted octanol–water partition coefficient (Wildman–Crippen LogP) is 4.72. The SMILES string of the molecule is [2H]c1cc(C#N)cc([2H])c1Nc1nc(N)c(Br)c(Oc2c(C)cc(C#N)cc2C)n1. The molecule has 0 atom stereocenters. The van der Waals surface area contributed by atoms with Crippen molar-refractivity contribution in [3.05, 3.63) is 63.1 Å². The Hall–Kier alpha value is -3.62. The first kappa shape index (κ1) is 16.5. The standard InChI is InChI=1S/C20H15BrN6O/c1-11-7-14(10-23)8-12(2)17(11)28-19-16(21)18(24)26-20(27-19)25-15-5-3-13(9-22)4-6-15/h3-8H,1-2H3,(H3,24,25,26,27)/i5D,6D. The lowest BCUT2D eigenvalue weighted by Crippen LogP contribution is -2.04. The number of anilines is 3. The summed E-state index contributed by atoms with van der Waals surface area (Å²) in [7, 11) is 0. The molecule has 0 aliphatic carbocycles. The van der Waals surface area contributed by atoms with E-state index in [0.717, 1.165) is 11.1 Å². The number of nitriles is 2. The number of rotatable bonds is 4. The third kappa shape index (κ3) is 4.03. The summed E-state index contributed by atoms with van der Waals surface area (Å²) < 4.78 is 22.4. The number of hydrogen-bond acceptors (Lipinski definition) is 7. The summed E-state index contributed by atoms with van der Waals surface area (Å²) in [4.78, 5) is 8.43. The topological polar surface area (TPSA) is 121 Å². The first-order valence-electron chi connectivity index (χ1n) is 9.04. The fourth-order valence-corrected chi connectivity index (χ4v) is 2.73. The monoisotopic (exact) mass is 436 g/mol. The molecule has 3 N–H and O–H groups in total. The molecule has 0 bridgehead atoms. The molecule has 0 fully saturated rings. The number of ether oxygens (including phenoxy) is 1. The van der Waals surface area contributed by atoms with Crippen LogP contribution in [0.2, 0.25) is 0 Å². The van der Waals surface area contributed by atoms with Crippen LogP contribution in [0.15, 0.2) is 40.8 Å². The Morgan fingerprint density at radius 1 is 1.11 bits per heavy atom. The van der Waals surface area contributed by atoms with Crippen molar-refractivity contribution in [3.8, 4) is 23.8 Å². The second-order valence-electron chi connectivity index (χ2n) is 5.85. The summed E-state index contributed by atoms with van der Waals surface area (Å²) in [5.74, 6) is 0.784. The second-order valence-corrected chi connectivity index (χ2v) is 6.64. The van der Waals surface area contributed by atoms with E-state index in [4.69, 9.17) is 23.7 Å². The first-order chi connectivity index (χ1) is 14.2. The van der Waals surface area contributed by atoms with Crippen LogP contribution >= 0.6 is 15.9 Å². The van der Waals surface area contributed by atoms with Crippen LogP contribution in [0.3, 0.4) is 0 Å². The van der Waals surface area contributed by atoms with E-state index in [-0.39, 0.29) is 41.0 Å². The highest BCUT2D eigenvalue weighted by atomic mass is 79.9. The van der Waals surface area contributed by atoms with Gasteiger partial charge in [0.25, 0.3) is 0 Å². The molecule has 8 heteroatoms. The van der Waals surface area contributed by atoms with Crippen LogP contribution in [0.4, 0.5) is 17.5 Å². The van der Waals surface area contributed by atoms with Gasteiger partial charge in [-0.05, 0) is 77.3 Å². The molecule has 28 heavy (non-hydrogen) atoms. The zero-order valence-electron chi connectivity index (χ0n) is 17.0. The maximum Gasteiger partial charge on any atom is 0.240 e. The van der Waals surface area contributed by atoms with Gasteiger partial charge in [-0.2, -0.15) is 20.5 Å². The van der Waals surface area contributed by atoms with Gasteiger partial charge >= 0.3 is 0 Å². The minimum absolute atomic E-state index is 0.0290. The fraction of sp³-hybridized carbons (Fsp3) is 0.100. The molecular formula is C20H15BrN6O. The quantitative estimate of drug-likeness (QED) is 0.606. The third-order valence-corrected chi connectivity index (χ3v) is 4.49. The highest BCUT2D eigenvalue weighted by Crippen LogP contribution is 2.36. The number of halogens is 1. The molecule has 0 radical (unpaired) electrons. The number of aryl methyl sites for hydroxylation is 2. The van der Waals surface area contributed by atoms with Crippen LogP contribution in [-0.4, -0.2) is 9.97 Å². The Morgan fingerprint density at radius 2 is 1.71 bits per heavy atom. The summed E-state index contributed by atoms with van der Waals surface area (Å²) in [5, 5.41) is 20.9. The van der Waals surface area contributed by atoms with Crippen molar-refractivity contribution in [1.82, 2.24) is 9.97 Å². The van der Waals surface area contributed by atoms with E-state index >= 15 is 0 Å². The van der Waals surface area contributed by atoms with Crippen LogP contribution in [0.1, 0.15) is 25.0 Å². The van der Waals surface area contributed by atoms with Crippen molar-refractivity contribution in [3.63, 3.8) is 0 Å². The lowest BCUT2D eigenvalue weighted by Gasteiger charge is -2.14. The maximum atomic E-state index is 9.11. The smallest absolute Gasteiger partial charge is 0.240 e. The normalized spacial score (nSPS) is 11.0. The molecule has 0 spiro atoms. The molecule has 0 amide bonds. The van der Waals surface area contributed by atoms with Crippen molar-refractivity contribution < 1.29 is 7.48 Å². The largest absolute Gasteiger partial charge is 0.437 e. The molecule has 7 nitrogen and oxygen atoms in total. The van der Waals surface area contributed by atoms with Gasteiger partial charge in [0.1, 0.15) is 16.0 Å². The van der Waals surface area contributed by atoms with E-state index in [1.807, 2.05) is 19.9 Å². The van der Waals surface area contributed by atoms with Crippen LogP contribution in [0.25, 0.3) is 0 Å². The van der Waals surface area contributed by atoms with E-state index < -0.39 is 0 Å². The highest BCUT2D eigenvalue weighted by molar-refractivity contribution is 9.10. The molecular weight excluding hydrogens is 420 g/mol. The minimum atomic E-state index is -0.0506. The summed E-state index contributed by atoms with van der Waals surface area (Å²) >= 11 is 3.32. The first-order valence-corrected chi connectivity index (χ1v) is 8.83. The van der Waals surface area contributed by atoms with Crippen molar-refractivity contribution in [2.45, 2.75) is 13.8 Å². The van der Waals surface area contributed by atoms with Crippen LogP contribution in [0, 0.1) is 36.5 Å². The Kier molecular flexibility index (Phi) is 4.70. The molecule has 1 heterocycles. The summed E-state index contributed by atoms with van der Waals surface area (Å²) in [6, 6.07) is 9.99. The number of nitrogens with zero attached hydrogens (tertiary/aromatic N) is 4. The number of benzene rings is 2. The van der Waals surface area contributed by atoms with E-state index in [9.17, 15) is 0 Å². The highest BCUT2D eigenvalue weighted by Gasteiger charge is 2.16. The molecule has 138 valence electrons. The van der Waals surface area contributed by atoms with Crippen LogP contribution in [-0.2, 0) is 0 Å². The van der Waals surface area contributed by atoms with Gasteiger partial charge in [0.05, 0.1) is 26.0 Å². The molecule has 0 unspecified atom stereocenters. The Bertz CT molecular complexity index is 1200. The minimum Gasteiger partial charge on any atom is -0.437 e. The summed E-state index contributed by atoms with van der Waals surface area (Å²) in [6.07, 6.45) is 0. The van der Waals surface area contributed by atoms with E-state index in [2.05, 4.69) is 37.3 Å². The summed E-state index contributed by atoms with van der Waals surface area (Å²) in [5.41, 5.74) is 8.34. The number of nitrogen functional groups attached to an aromatic ring is 1. The predicted molar refractivity (Wildman–Crippen MR) is 109 cm³/mol. The molecule has 3 aromatic rings. The molecule has 0 saturated carbocycles. The van der Waals surface area contributed by atoms with Gasteiger partial charge in [0, 0.05) is 5.69 Å². The number of hydrogen-bond donors (Lipinski definition) is 2. The fourth-order valence-electron chi connectivity index (χ4n) is 2.47. The molecule has 0 aliphatic heterocycles. The van der Waals surface area contributed by atoms with Crippen molar-refractivity contribution in [2.24, 2.45) is 0 Å². The number of nitrogens with two attached hydrogens (primary N) is 1. The van der Waals surface area contributed by atoms with Gasteiger partial charge in [-0.15, -0.1) is 0 Å².